The topological polar surface area (TPSA) is 23.5 Å². The highest BCUT2D eigenvalue weighted by atomic mass is 16.3. The van der Waals surface area contributed by atoms with Crippen molar-refractivity contribution in [2.75, 3.05) is 18.1 Å². The molecule has 0 unspecified atom stereocenters. The molecule has 0 bridgehead atoms. The molecule has 1 heterocycles. The molecule has 14 heavy (non-hydrogen) atoms. The predicted molar refractivity (Wildman–Crippen MR) is 58.5 cm³/mol. The van der Waals surface area contributed by atoms with Crippen molar-refractivity contribution in [3.8, 4) is 0 Å². The van der Waals surface area contributed by atoms with Crippen LogP contribution >= 0.6 is 0 Å². The van der Waals surface area contributed by atoms with Gasteiger partial charge in [0.15, 0.2) is 0 Å². The summed E-state index contributed by atoms with van der Waals surface area (Å²) >= 11 is 0. The lowest BCUT2D eigenvalue weighted by Gasteiger charge is -2.36. The van der Waals surface area contributed by atoms with Gasteiger partial charge in [0.2, 0.25) is 0 Å². The molecule has 0 amide bonds. The first-order valence-electron chi connectivity index (χ1n) is 5.34. The summed E-state index contributed by atoms with van der Waals surface area (Å²) < 4.78 is 0. The van der Waals surface area contributed by atoms with Crippen molar-refractivity contribution in [3.05, 3.63) is 30.3 Å². The van der Waals surface area contributed by atoms with Crippen LogP contribution < -0.4 is 4.90 Å². The standard InChI is InChI=1S/C12H17NO/c14-10-12-8-4-5-9-13(12)11-6-2-1-3-7-11/h1-3,6-7,12,14H,4-5,8-10H2/t12-/m0/s1. The molecule has 0 radical (unpaired) electrons. The Morgan fingerprint density at radius 3 is 2.71 bits per heavy atom. The third kappa shape index (κ3) is 1.90. The first kappa shape index (κ1) is 9.53. The van der Waals surface area contributed by atoms with E-state index in [-0.39, 0.29) is 6.61 Å². The van der Waals surface area contributed by atoms with Crippen LogP contribution in [0.5, 0.6) is 0 Å². The molecule has 1 atom stereocenters. The number of aliphatic hydroxyl groups is 1. The van der Waals surface area contributed by atoms with Crippen LogP contribution in [-0.4, -0.2) is 24.3 Å². The van der Waals surface area contributed by atoms with Crippen molar-refractivity contribution in [1.82, 2.24) is 0 Å². The smallest absolute Gasteiger partial charge is 0.0635 e. The maximum Gasteiger partial charge on any atom is 0.0635 e. The van der Waals surface area contributed by atoms with Gasteiger partial charge in [0, 0.05) is 12.2 Å². The Hall–Kier alpha value is -1.02. The summed E-state index contributed by atoms with van der Waals surface area (Å²) in [7, 11) is 0. The Bertz CT molecular complexity index is 273. The number of piperidine rings is 1. The van der Waals surface area contributed by atoms with Gasteiger partial charge in [-0.25, -0.2) is 0 Å². The number of hydrogen-bond acceptors (Lipinski definition) is 2. The highest BCUT2D eigenvalue weighted by molar-refractivity contribution is 5.47. The summed E-state index contributed by atoms with van der Waals surface area (Å²) in [5, 5.41) is 9.28. The van der Waals surface area contributed by atoms with Crippen LogP contribution in [-0.2, 0) is 0 Å². The number of aliphatic hydroxyl groups excluding tert-OH is 1. The normalized spacial score (nSPS) is 22.4. The molecule has 0 spiro atoms. The lowest BCUT2D eigenvalue weighted by atomic mass is 10.0. The molecule has 2 heteroatoms. The fourth-order valence-corrected chi connectivity index (χ4v) is 2.15. The van der Waals surface area contributed by atoms with E-state index in [1.54, 1.807) is 0 Å². The zero-order chi connectivity index (χ0) is 9.80. The average Bonchev–Trinajstić information content (AvgIpc) is 2.30. The van der Waals surface area contributed by atoms with Crippen LogP contribution in [0.4, 0.5) is 5.69 Å². The van der Waals surface area contributed by atoms with Crippen LogP contribution in [0.2, 0.25) is 0 Å². The number of anilines is 1. The van der Waals surface area contributed by atoms with E-state index in [1.165, 1.54) is 18.5 Å². The van der Waals surface area contributed by atoms with E-state index >= 15 is 0 Å². The molecule has 1 aliphatic heterocycles. The zero-order valence-electron chi connectivity index (χ0n) is 8.39. The van der Waals surface area contributed by atoms with Gasteiger partial charge in [-0.2, -0.15) is 0 Å². The molecule has 1 fully saturated rings. The number of benzene rings is 1. The molecule has 1 saturated heterocycles. The number of hydrogen-bond donors (Lipinski definition) is 1. The lowest BCUT2D eigenvalue weighted by Crippen LogP contribution is -2.41. The maximum atomic E-state index is 9.28. The number of rotatable bonds is 2. The van der Waals surface area contributed by atoms with Gasteiger partial charge in [0.1, 0.15) is 0 Å². The number of para-hydroxylation sites is 1. The Kier molecular flexibility index (Phi) is 3.04. The third-order valence-electron chi connectivity index (χ3n) is 2.93. The van der Waals surface area contributed by atoms with Crippen molar-refractivity contribution >= 4 is 5.69 Å². The van der Waals surface area contributed by atoms with E-state index < -0.39 is 0 Å². The largest absolute Gasteiger partial charge is 0.394 e. The van der Waals surface area contributed by atoms with Crippen LogP contribution in [0, 0.1) is 0 Å². The summed E-state index contributed by atoms with van der Waals surface area (Å²) in [6, 6.07) is 10.7. The third-order valence-corrected chi connectivity index (χ3v) is 2.93. The van der Waals surface area contributed by atoms with Gasteiger partial charge in [0.25, 0.3) is 0 Å². The van der Waals surface area contributed by atoms with Crippen molar-refractivity contribution in [2.24, 2.45) is 0 Å². The van der Waals surface area contributed by atoms with Crippen LogP contribution in [0.25, 0.3) is 0 Å². The first-order chi connectivity index (χ1) is 6.92. The molecule has 2 rings (SSSR count). The minimum Gasteiger partial charge on any atom is -0.394 e. The quantitative estimate of drug-likeness (QED) is 0.773. The molecule has 0 aliphatic carbocycles. The Balaban J connectivity index is 2.15. The molecule has 0 saturated carbocycles. The van der Waals surface area contributed by atoms with Crippen molar-refractivity contribution in [1.29, 1.82) is 0 Å². The Morgan fingerprint density at radius 2 is 2.00 bits per heavy atom. The van der Waals surface area contributed by atoms with E-state index in [4.69, 9.17) is 0 Å². The second-order valence-corrected chi connectivity index (χ2v) is 3.86. The predicted octanol–water partition coefficient (Wildman–Crippen LogP) is 2.04. The maximum absolute atomic E-state index is 9.28. The van der Waals surface area contributed by atoms with Crippen LogP contribution in [0.3, 0.4) is 0 Å². The van der Waals surface area contributed by atoms with Crippen molar-refractivity contribution < 1.29 is 5.11 Å². The van der Waals surface area contributed by atoms with Gasteiger partial charge >= 0.3 is 0 Å². The van der Waals surface area contributed by atoms with E-state index in [0.29, 0.717) is 6.04 Å². The summed E-state index contributed by atoms with van der Waals surface area (Å²) in [4.78, 5) is 2.32. The minimum absolute atomic E-state index is 0.273. The highest BCUT2D eigenvalue weighted by Crippen LogP contribution is 2.23. The SMILES string of the molecule is OC[C@@H]1CCCCN1c1ccccc1. The van der Waals surface area contributed by atoms with Crippen molar-refractivity contribution in [3.63, 3.8) is 0 Å². The number of nitrogens with zero attached hydrogens (tertiary/aromatic N) is 1. The molecule has 76 valence electrons. The van der Waals surface area contributed by atoms with Gasteiger partial charge in [0.05, 0.1) is 12.6 Å². The monoisotopic (exact) mass is 191 g/mol. The molecule has 1 N–H and O–H groups in total. The fourth-order valence-electron chi connectivity index (χ4n) is 2.15. The van der Waals surface area contributed by atoms with Gasteiger partial charge < -0.3 is 10.0 Å². The van der Waals surface area contributed by atoms with E-state index in [1.807, 2.05) is 6.07 Å². The first-order valence-corrected chi connectivity index (χ1v) is 5.34. The molecule has 1 aromatic rings. The summed E-state index contributed by atoms with van der Waals surface area (Å²) in [5.74, 6) is 0. The van der Waals surface area contributed by atoms with Gasteiger partial charge in [-0.1, -0.05) is 18.2 Å². The minimum atomic E-state index is 0.273. The molecular formula is C12H17NO. The Morgan fingerprint density at radius 1 is 1.21 bits per heavy atom. The Labute approximate surface area is 85.2 Å². The average molecular weight is 191 g/mol. The molecule has 0 aromatic heterocycles. The summed E-state index contributed by atoms with van der Waals surface area (Å²) in [6.45, 7) is 1.35. The molecular weight excluding hydrogens is 174 g/mol. The molecule has 1 aromatic carbocycles. The zero-order valence-corrected chi connectivity index (χ0v) is 8.39. The lowest BCUT2D eigenvalue weighted by molar-refractivity contribution is 0.240. The van der Waals surface area contributed by atoms with Crippen LogP contribution in [0.1, 0.15) is 19.3 Å². The van der Waals surface area contributed by atoms with Crippen LogP contribution in [0.15, 0.2) is 30.3 Å². The second-order valence-electron chi connectivity index (χ2n) is 3.86. The fraction of sp³-hybridized carbons (Fsp3) is 0.500. The van der Waals surface area contributed by atoms with E-state index in [9.17, 15) is 5.11 Å². The van der Waals surface area contributed by atoms with Gasteiger partial charge in [-0.15, -0.1) is 0 Å². The van der Waals surface area contributed by atoms with Crippen molar-refractivity contribution in [2.45, 2.75) is 25.3 Å². The van der Waals surface area contributed by atoms with Gasteiger partial charge in [-0.3, -0.25) is 0 Å². The van der Waals surface area contributed by atoms with Gasteiger partial charge in [-0.05, 0) is 31.4 Å². The molecule has 1 aliphatic rings. The summed E-state index contributed by atoms with van der Waals surface area (Å²) in [5.41, 5.74) is 1.24. The molecule has 2 nitrogen and oxygen atoms in total. The second kappa shape index (κ2) is 4.47. The van der Waals surface area contributed by atoms with E-state index in [0.717, 1.165) is 13.0 Å². The summed E-state index contributed by atoms with van der Waals surface area (Å²) in [6.07, 6.45) is 3.60. The highest BCUT2D eigenvalue weighted by Gasteiger charge is 2.21. The van der Waals surface area contributed by atoms with E-state index in [2.05, 4.69) is 29.2 Å².